The Morgan fingerprint density at radius 3 is 1.32 bits per heavy atom. The average Bonchev–Trinajstić information content (AvgIpc) is 3.54. The maximum Gasteiger partial charge on any atom is 0.262 e. The molecule has 6 heteroatoms. The zero-order chi connectivity index (χ0) is 43.1. The quantitative estimate of drug-likeness (QED) is 0.0908. The summed E-state index contributed by atoms with van der Waals surface area (Å²) in [6, 6.07) is 42.1. The van der Waals surface area contributed by atoms with Gasteiger partial charge < -0.3 is 14.7 Å². The first kappa shape index (κ1) is 39.5. The van der Waals surface area contributed by atoms with Crippen molar-refractivity contribution in [3.8, 4) is 33.4 Å². The molecule has 0 bridgehead atoms. The molecule has 1 aromatic heterocycles. The summed E-state index contributed by atoms with van der Waals surface area (Å²) in [6.07, 6.45) is 4.09. The second-order valence-electron chi connectivity index (χ2n) is 18.0. The maximum absolute atomic E-state index is 15.0. The fourth-order valence-corrected chi connectivity index (χ4v) is 10.3. The van der Waals surface area contributed by atoms with Crippen LogP contribution in [0, 0.1) is 5.92 Å². The zero-order valence-electron chi connectivity index (χ0n) is 37.2. The van der Waals surface area contributed by atoms with Gasteiger partial charge in [0.25, 0.3) is 11.1 Å². The minimum absolute atomic E-state index is 0.166. The topological polar surface area (TPSA) is 48.8 Å². The summed E-state index contributed by atoms with van der Waals surface area (Å²) in [5.41, 5.74) is 9.88. The lowest BCUT2D eigenvalue weighted by Crippen LogP contribution is -2.29. The molecule has 0 fully saturated rings. The number of rotatable bonds is 12. The summed E-state index contributed by atoms with van der Waals surface area (Å²) < 4.78 is 1.57. The van der Waals surface area contributed by atoms with E-state index >= 15 is 0 Å². The molecule has 0 saturated carbocycles. The van der Waals surface area contributed by atoms with Crippen LogP contribution in [-0.4, -0.2) is 46.9 Å². The molecular weight excluding hydrogens is 761 g/mol. The Morgan fingerprint density at radius 1 is 0.435 bits per heavy atom. The fraction of sp³-hybridized carbons (Fsp3) is 0.250. The molecular formula is C56H54N4O2. The Bertz CT molecular complexity index is 3400. The number of hydrogen-bond donors (Lipinski definition) is 0. The van der Waals surface area contributed by atoms with E-state index in [0.29, 0.717) is 17.3 Å². The van der Waals surface area contributed by atoms with Gasteiger partial charge in [-0.05, 0) is 142 Å². The summed E-state index contributed by atoms with van der Waals surface area (Å²) >= 11 is 0. The SMILES string of the molecule is CCCCC(CC)Cn1c(=O)c2c3ccc4c(-c5ccc(N(C)C)cc5)ccc5c6c(-c7ccc(N(C)C)cc7)cc(-c7ccc(N(C)C)cc7)c7ccc(c2c1=O)c(c76)c3c45. The van der Waals surface area contributed by atoms with E-state index in [0.717, 1.165) is 130 Å². The van der Waals surface area contributed by atoms with Crippen LogP contribution in [0.25, 0.3) is 98.0 Å². The molecule has 62 heavy (non-hydrogen) atoms. The van der Waals surface area contributed by atoms with Gasteiger partial charge in [-0.2, -0.15) is 0 Å². The van der Waals surface area contributed by atoms with Gasteiger partial charge in [-0.3, -0.25) is 14.2 Å². The second-order valence-corrected chi connectivity index (χ2v) is 18.0. The third-order valence-electron chi connectivity index (χ3n) is 13.8. The molecule has 0 aliphatic carbocycles. The lowest BCUT2D eigenvalue weighted by Gasteiger charge is -2.24. The van der Waals surface area contributed by atoms with Crippen molar-refractivity contribution >= 4 is 81.7 Å². The first-order chi connectivity index (χ1) is 30.0. The highest BCUT2D eigenvalue weighted by molar-refractivity contribution is 6.47. The van der Waals surface area contributed by atoms with E-state index < -0.39 is 0 Å². The molecule has 0 N–H and O–H groups in total. The van der Waals surface area contributed by atoms with Gasteiger partial charge in [0, 0.05) is 65.9 Å². The van der Waals surface area contributed by atoms with Gasteiger partial charge in [-0.25, -0.2) is 0 Å². The van der Waals surface area contributed by atoms with Crippen molar-refractivity contribution in [3.63, 3.8) is 0 Å². The molecule has 0 amide bonds. The standard InChI is InChI=1S/C56H54N4O2/c1-9-11-12-33(10-2)32-60-55(61)53-44-29-26-41-40(34-13-19-37(20-14-34)57(3)4)25-28-43-48(41)51(44)52-45(54(53)56(60)62)30-27-42-46(35-15-21-38(22-16-35)58(5)6)31-47(49(43)50(42)52)36-17-23-39(24-18-36)59(7)8/h13-31,33H,9-12,32H2,1-8H3. The van der Waals surface area contributed by atoms with Gasteiger partial charge in [0.15, 0.2) is 0 Å². The molecule has 9 aromatic carbocycles. The molecule has 0 radical (unpaired) electrons. The molecule has 6 nitrogen and oxygen atoms in total. The second kappa shape index (κ2) is 15.1. The summed E-state index contributed by atoms with van der Waals surface area (Å²) in [5.74, 6) is 0.259. The molecule has 0 aliphatic heterocycles. The van der Waals surface area contributed by atoms with Crippen molar-refractivity contribution < 1.29 is 0 Å². The minimum atomic E-state index is -0.168. The smallest absolute Gasteiger partial charge is 0.262 e. The molecule has 10 rings (SSSR count). The number of nitrogens with zero attached hydrogens (tertiary/aromatic N) is 4. The van der Waals surface area contributed by atoms with E-state index in [1.54, 1.807) is 4.57 Å². The van der Waals surface area contributed by atoms with Crippen molar-refractivity contribution in [2.24, 2.45) is 5.92 Å². The monoisotopic (exact) mass is 814 g/mol. The van der Waals surface area contributed by atoms with Crippen molar-refractivity contribution in [1.29, 1.82) is 0 Å². The fourth-order valence-electron chi connectivity index (χ4n) is 10.3. The van der Waals surface area contributed by atoms with Gasteiger partial charge in [0.05, 0.1) is 10.8 Å². The molecule has 310 valence electrons. The highest BCUT2D eigenvalue weighted by Crippen LogP contribution is 2.53. The Labute approximate surface area is 363 Å². The zero-order valence-corrected chi connectivity index (χ0v) is 37.2. The van der Waals surface area contributed by atoms with E-state index in [2.05, 4.69) is 186 Å². The molecule has 0 aliphatic rings. The van der Waals surface area contributed by atoms with Crippen LogP contribution in [0.1, 0.15) is 39.5 Å². The number of fused-ring (bicyclic) bond motifs is 4. The Balaban J connectivity index is 1.40. The summed E-state index contributed by atoms with van der Waals surface area (Å²) in [5, 5.41) is 11.8. The van der Waals surface area contributed by atoms with E-state index in [-0.39, 0.29) is 17.0 Å². The summed E-state index contributed by atoms with van der Waals surface area (Å²) in [4.78, 5) is 36.2. The normalized spacial score (nSPS) is 12.6. The lowest BCUT2D eigenvalue weighted by molar-refractivity contribution is 0.384. The van der Waals surface area contributed by atoms with Crippen LogP contribution in [0.15, 0.2) is 125 Å². The largest absolute Gasteiger partial charge is 0.378 e. The molecule has 1 heterocycles. The van der Waals surface area contributed by atoms with Crippen molar-refractivity contribution in [1.82, 2.24) is 4.57 Å². The predicted molar refractivity (Wildman–Crippen MR) is 268 cm³/mol. The Morgan fingerprint density at radius 2 is 0.839 bits per heavy atom. The van der Waals surface area contributed by atoms with Gasteiger partial charge >= 0.3 is 0 Å². The molecule has 1 atom stereocenters. The van der Waals surface area contributed by atoms with E-state index in [1.807, 2.05) is 0 Å². The maximum atomic E-state index is 15.0. The van der Waals surface area contributed by atoms with Gasteiger partial charge in [-0.1, -0.05) is 106 Å². The van der Waals surface area contributed by atoms with Gasteiger partial charge in [0.2, 0.25) is 0 Å². The number of benzene rings is 9. The van der Waals surface area contributed by atoms with Crippen LogP contribution in [0.5, 0.6) is 0 Å². The average molecular weight is 815 g/mol. The highest BCUT2D eigenvalue weighted by Gasteiger charge is 2.28. The Hall–Kier alpha value is -6.66. The van der Waals surface area contributed by atoms with Crippen LogP contribution in [0.3, 0.4) is 0 Å². The van der Waals surface area contributed by atoms with Crippen molar-refractivity contribution in [3.05, 3.63) is 136 Å². The van der Waals surface area contributed by atoms with Crippen LogP contribution in [0.4, 0.5) is 17.1 Å². The van der Waals surface area contributed by atoms with Gasteiger partial charge in [0.1, 0.15) is 0 Å². The van der Waals surface area contributed by atoms with Crippen LogP contribution in [-0.2, 0) is 6.54 Å². The van der Waals surface area contributed by atoms with Crippen LogP contribution < -0.4 is 25.8 Å². The third kappa shape index (κ3) is 5.98. The first-order valence-corrected chi connectivity index (χ1v) is 22.2. The lowest BCUT2D eigenvalue weighted by atomic mass is 9.79. The number of hydrogen-bond acceptors (Lipinski definition) is 5. The summed E-state index contributed by atoms with van der Waals surface area (Å²) in [6.45, 7) is 4.82. The predicted octanol–water partition coefficient (Wildman–Crippen LogP) is 12.9. The Kier molecular flexibility index (Phi) is 9.58. The van der Waals surface area contributed by atoms with E-state index in [1.165, 1.54) is 0 Å². The van der Waals surface area contributed by atoms with Gasteiger partial charge in [-0.15, -0.1) is 0 Å². The van der Waals surface area contributed by atoms with Crippen LogP contribution in [0.2, 0.25) is 0 Å². The minimum Gasteiger partial charge on any atom is -0.378 e. The number of aromatic nitrogens is 1. The van der Waals surface area contributed by atoms with E-state index in [4.69, 9.17) is 0 Å². The molecule has 10 aromatic rings. The molecule has 0 saturated heterocycles. The number of anilines is 3. The molecule has 0 spiro atoms. The molecule has 1 unspecified atom stereocenters. The first-order valence-electron chi connectivity index (χ1n) is 22.2. The van der Waals surface area contributed by atoms with E-state index in [9.17, 15) is 9.59 Å². The highest BCUT2D eigenvalue weighted by atomic mass is 16.2. The third-order valence-corrected chi connectivity index (χ3v) is 13.8. The van der Waals surface area contributed by atoms with Crippen LogP contribution >= 0.6 is 0 Å². The number of unbranched alkanes of at least 4 members (excludes halogenated alkanes) is 1. The van der Waals surface area contributed by atoms with Crippen molar-refractivity contribution in [2.75, 3.05) is 57.0 Å². The van der Waals surface area contributed by atoms with Crippen molar-refractivity contribution in [2.45, 2.75) is 46.1 Å². The summed E-state index contributed by atoms with van der Waals surface area (Å²) in [7, 11) is 12.4.